The highest BCUT2D eigenvalue weighted by atomic mass is 79.9. The Morgan fingerprint density at radius 1 is 1.45 bits per heavy atom. The highest BCUT2D eigenvalue weighted by molar-refractivity contribution is 9.10. The molecule has 2 aliphatic carbocycles. The average Bonchev–Trinajstić information content (AvgIpc) is 3.18. The summed E-state index contributed by atoms with van der Waals surface area (Å²) in [6.45, 7) is 2.17. The molecule has 1 heterocycles. The number of benzene rings is 1. The summed E-state index contributed by atoms with van der Waals surface area (Å²) in [5.74, 6) is -0.466. The maximum Gasteiger partial charge on any atom is 0.356 e. The summed E-state index contributed by atoms with van der Waals surface area (Å²) >= 11 is 3.44. The zero-order chi connectivity index (χ0) is 15.5. The van der Waals surface area contributed by atoms with Crippen molar-refractivity contribution in [3.8, 4) is 5.69 Å². The molecule has 0 spiro atoms. The lowest BCUT2D eigenvalue weighted by molar-refractivity contribution is 0.0686. The molecule has 1 aromatic heterocycles. The Morgan fingerprint density at radius 3 is 2.82 bits per heavy atom. The van der Waals surface area contributed by atoms with Crippen LogP contribution in [0.3, 0.4) is 0 Å². The second-order valence-electron chi connectivity index (χ2n) is 6.38. The number of carbonyl (C=O) groups is 1. The molecule has 2 atom stereocenters. The van der Waals surface area contributed by atoms with E-state index in [4.69, 9.17) is 0 Å². The summed E-state index contributed by atoms with van der Waals surface area (Å²) in [4.78, 5) is 11.7. The summed E-state index contributed by atoms with van der Waals surface area (Å²) in [7, 11) is 0. The van der Waals surface area contributed by atoms with Crippen molar-refractivity contribution in [3.05, 3.63) is 45.7 Å². The fourth-order valence-corrected chi connectivity index (χ4v) is 4.61. The van der Waals surface area contributed by atoms with Crippen molar-refractivity contribution >= 4 is 21.9 Å². The lowest BCUT2D eigenvalue weighted by Gasteiger charge is -2.25. The molecule has 22 heavy (non-hydrogen) atoms. The van der Waals surface area contributed by atoms with E-state index in [-0.39, 0.29) is 11.1 Å². The molecule has 1 fully saturated rings. The Bertz CT molecular complexity index is 766. The molecule has 0 saturated heterocycles. The van der Waals surface area contributed by atoms with Crippen molar-refractivity contribution in [1.82, 2.24) is 9.78 Å². The van der Waals surface area contributed by atoms with Crippen molar-refractivity contribution in [2.24, 2.45) is 0 Å². The van der Waals surface area contributed by atoms with E-state index in [9.17, 15) is 9.90 Å². The predicted molar refractivity (Wildman–Crippen MR) is 86.8 cm³/mol. The van der Waals surface area contributed by atoms with Crippen molar-refractivity contribution < 1.29 is 9.90 Å². The summed E-state index contributed by atoms with van der Waals surface area (Å²) in [5, 5.41) is 14.1. The minimum Gasteiger partial charge on any atom is -0.476 e. The molecule has 1 saturated carbocycles. The smallest absolute Gasteiger partial charge is 0.356 e. The number of rotatable bonds is 3. The molecule has 2 aliphatic rings. The van der Waals surface area contributed by atoms with Crippen LogP contribution in [0.5, 0.6) is 0 Å². The van der Waals surface area contributed by atoms with Gasteiger partial charge in [0, 0.05) is 21.4 Å². The fourth-order valence-electron chi connectivity index (χ4n) is 4.34. The molecule has 2 aromatic rings. The van der Waals surface area contributed by atoms with Gasteiger partial charge in [0.25, 0.3) is 0 Å². The monoisotopic (exact) mass is 360 g/mol. The van der Waals surface area contributed by atoms with Crippen LogP contribution >= 0.6 is 15.9 Å². The van der Waals surface area contributed by atoms with Crippen molar-refractivity contribution in [3.63, 3.8) is 0 Å². The van der Waals surface area contributed by atoms with Crippen molar-refractivity contribution in [2.75, 3.05) is 0 Å². The Hall–Kier alpha value is -1.62. The topological polar surface area (TPSA) is 55.1 Å². The lowest BCUT2D eigenvalue weighted by Crippen LogP contribution is -2.22. The van der Waals surface area contributed by atoms with Gasteiger partial charge in [-0.15, -0.1) is 0 Å². The highest BCUT2D eigenvalue weighted by Gasteiger charge is 2.53. The Kier molecular flexibility index (Phi) is 2.98. The number of fused-ring (bicyclic) bond motifs is 5. The molecular weight excluding hydrogens is 344 g/mol. The molecule has 1 aromatic carbocycles. The van der Waals surface area contributed by atoms with Gasteiger partial charge < -0.3 is 5.11 Å². The molecule has 0 aliphatic heterocycles. The molecule has 2 bridgehead atoms. The molecule has 4 rings (SSSR count). The minimum atomic E-state index is -0.910. The molecule has 114 valence electrons. The predicted octanol–water partition coefficient (Wildman–Crippen LogP) is 4.26. The molecule has 2 unspecified atom stereocenters. The van der Waals surface area contributed by atoms with Crippen LogP contribution in [0.25, 0.3) is 5.69 Å². The standard InChI is InChI=1S/C17H17BrN2O2/c1-2-17-8-7-10(9-17)15-13(17)14(16(21)22)19-20(15)12-5-3-11(18)4-6-12/h3-6,10H,2,7-9H2,1H3,(H,21,22). The number of aromatic nitrogens is 2. The van der Waals surface area contributed by atoms with E-state index in [1.165, 1.54) is 0 Å². The van der Waals surface area contributed by atoms with Gasteiger partial charge in [-0.1, -0.05) is 22.9 Å². The molecule has 5 heteroatoms. The Morgan fingerprint density at radius 2 is 2.18 bits per heavy atom. The van der Waals surface area contributed by atoms with Gasteiger partial charge in [0.1, 0.15) is 0 Å². The van der Waals surface area contributed by atoms with E-state index in [0.29, 0.717) is 5.92 Å². The van der Waals surface area contributed by atoms with Crippen LogP contribution in [0.4, 0.5) is 0 Å². The zero-order valence-corrected chi connectivity index (χ0v) is 13.9. The third kappa shape index (κ3) is 1.75. The van der Waals surface area contributed by atoms with Gasteiger partial charge >= 0.3 is 5.97 Å². The quantitative estimate of drug-likeness (QED) is 0.889. The van der Waals surface area contributed by atoms with E-state index in [1.54, 1.807) is 0 Å². The number of halogens is 1. The molecule has 4 nitrogen and oxygen atoms in total. The van der Waals surface area contributed by atoms with Crippen LogP contribution in [0.15, 0.2) is 28.7 Å². The third-order valence-electron chi connectivity index (χ3n) is 5.40. The number of hydrogen-bond donors (Lipinski definition) is 1. The fraction of sp³-hybridized carbons (Fsp3) is 0.412. The number of hydrogen-bond acceptors (Lipinski definition) is 2. The van der Waals surface area contributed by atoms with Crippen LogP contribution in [0, 0.1) is 0 Å². The second kappa shape index (κ2) is 4.69. The summed E-state index contributed by atoms with van der Waals surface area (Å²) in [6.07, 6.45) is 4.30. The van der Waals surface area contributed by atoms with Crippen LogP contribution < -0.4 is 0 Å². The van der Waals surface area contributed by atoms with Crippen LogP contribution in [-0.2, 0) is 5.41 Å². The van der Waals surface area contributed by atoms with E-state index in [1.807, 2.05) is 28.9 Å². The number of carboxylic acid groups (broad SMARTS) is 1. The first-order chi connectivity index (χ1) is 10.6. The van der Waals surface area contributed by atoms with Gasteiger partial charge in [0.15, 0.2) is 5.69 Å². The molecule has 0 radical (unpaired) electrons. The first-order valence-corrected chi connectivity index (χ1v) is 8.47. The third-order valence-corrected chi connectivity index (χ3v) is 5.93. The van der Waals surface area contributed by atoms with Gasteiger partial charge in [-0.3, -0.25) is 0 Å². The lowest BCUT2D eigenvalue weighted by atomic mass is 9.78. The number of nitrogens with zero attached hydrogens (tertiary/aromatic N) is 2. The van der Waals surface area contributed by atoms with Crippen LogP contribution in [0.2, 0.25) is 0 Å². The van der Waals surface area contributed by atoms with Crippen molar-refractivity contribution in [1.29, 1.82) is 0 Å². The molecule has 0 amide bonds. The first-order valence-electron chi connectivity index (χ1n) is 7.68. The van der Waals surface area contributed by atoms with Crippen molar-refractivity contribution in [2.45, 2.75) is 43.9 Å². The number of aromatic carboxylic acids is 1. The van der Waals surface area contributed by atoms with Crippen LogP contribution in [0.1, 0.15) is 60.3 Å². The maximum absolute atomic E-state index is 11.7. The van der Waals surface area contributed by atoms with Gasteiger partial charge in [-0.25, -0.2) is 9.48 Å². The normalized spacial score (nSPS) is 25.5. The number of carboxylic acids is 1. The molecule has 1 N–H and O–H groups in total. The van der Waals surface area contributed by atoms with Gasteiger partial charge in [-0.05, 0) is 49.9 Å². The summed E-state index contributed by atoms with van der Waals surface area (Å²) < 4.78 is 2.87. The first kappa shape index (κ1) is 14.0. The summed E-state index contributed by atoms with van der Waals surface area (Å²) in [5.41, 5.74) is 3.35. The van der Waals surface area contributed by atoms with E-state index < -0.39 is 5.97 Å². The Balaban J connectivity index is 1.96. The SMILES string of the molecule is CCC12CCC(C1)c1c2c(C(=O)O)nn1-c1ccc(Br)cc1. The van der Waals surface area contributed by atoms with Gasteiger partial charge in [-0.2, -0.15) is 5.10 Å². The zero-order valence-electron chi connectivity index (χ0n) is 12.3. The highest BCUT2D eigenvalue weighted by Crippen LogP contribution is 2.60. The minimum absolute atomic E-state index is 0.0291. The van der Waals surface area contributed by atoms with E-state index in [0.717, 1.165) is 47.1 Å². The molecular formula is C17H17BrN2O2. The van der Waals surface area contributed by atoms with Gasteiger partial charge in [0.2, 0.25) is 0 Å². The van der Waals surface area contributed by atoms with E-state index >= 15 is 0 Å². The van der Waals surface area contributed by atoms with E-state index in [2.05, 4.69) is 28.0 Å². The van der Waals surface area contributed by atoms with Gasteiger partial charge in [0.05, 0.1) is 11.4 Å². The second-order valence-corrected chi connectivity index (χ2v) is 7.29. The maximum atomic E-state index is 11.7. The van der Waals surface area contributed by atoms with Crippen LogP contribution in [-0.4, -0.2) is 20.9 Å². The average molecular weight is 361 g/mol. The Labute approximate surface area is 137 Å². The summed E-state index contributed by atoms with van der Waals surface area (Å²) in [6, 6.07) is 7.89. The largest absolute Gasteiger partial charge is 0.476 e.